The van der Waals surface area contributed by atoms with Crippen LogP contribution in [0.1, 0.15) is 52.9 Å². The fourth-order valence-corrected chi connectivity index (χ4v) is 3.50. The molecule has 1 aliphatic heterocycles. The van der Waals surface area contributed by atoms with Crippen LogP contribution in [0.4, 0.5) is 0 Å². The van der Waals surface area contributed by atoms with Crippen molar-refractivity contribution in [3.63, 3.8) is 0 Å². The van der Waals surface area contributed by atoms with Crippen LogP contribution in [0.2, 0.25) is 0 Å². The van der Waals surface area contributed by atoms with Gasteiger partial charge in [-0.15, -0.1) is 0 Å². The molecule has 19 heavy (non-hydrogen) atoms. The van der Waals surface area contributed by atoms with Crippen molar-refractivity contribution in [3.05, 3.63) is 0 Å². The van der Waals surface area contributed by atoms with Crippen LogP contribution in [0.3, 0.4) is 0 Å². The molecule has 1 saturated carbocycles. The van der Waals surface area contributed by atoms with E-state index in [1.165, 1.54) is 6.42 Å². The first-order valence-electron chi connectivity index (χ1n) is 7.61. The average molecular weight is 268 g/mol. The molecule has 2 rings (SSSR count). The number of amides is 1. The zero-order valence-electron chi connectivity index (χ0n) is 12.5. The van der Waals surface area contributed by atoms with Crippen LogP contribution in [0, 0.1) is 5.92 Å². The van der Waals surface area contributed by atoms with E-state index in [0.717, 1.165) is 25.7 Å². The number of nitrogens with zero attached hydrogens (tertiary/aromatic N) is 1. The third-order valence-electron chi connectivity index (χ3n) is 4.27. The van der Waals surface area contributed by atoms with Gasteiger partial charge >= 0.3 is 0 Å². The van der Waals surface area contributed by atoms with Gasteiger partial charge in [-0.1, -0.05) is 19.3 Å². The molecule has 3 atom stereocenters. The van der Waals surface area contributed by atoms with Crippen molar-refractivity contribution in [2.24, 2.45) is 11.7 Å². The molecule has 1 saturated heterocycles. The zero-order chi connectivity index (χ0) is 14.0. The number of carbonyl (C=O) groups excluding carboxylic acids is 1. The molecule has 110 valence electrons. The Hall–Kier alpha value is -0.610. The molecule has 4 nitrogen and oxygen atoms in total. The van der Waals surface area contributed by atoms with Gasteiger partial charge in [-0.3, -0.25) is 4.79 Å². The third kappa shape index (κ3) is 3.69. The first-order valence-corrected chi connectivity index (χ1v) is 7.61. The first kappa shape index (κ1) is 14.8. The lowest BCUT2D eigenvalue weighted by Gasteiger charge is -2.43. The highest BCUT2D eigenvalue weighted by molar-refractivity contribution is 5.79. The van der Waals surface area contributed by atoms with Crippen molar-refractivity contribution in [2.75, 3.05) is 13.1 Å². The van der Waals surface area contributed by atoms with Crippen LogP contribution < -0.4 is 5.73 Å². The molecule has 2 aliphatic rings. The number of nitrogens with two attached hydrogens (primary N) is 1. The Morgan fingerprint density at radius 1 is 1.26 bits per heavy atom. The van der Waals surface area contributed by atoms with Crippen molar-refractivity contribution in [2.45, 2.75) is 70.6 Å². The van der Waals surface area contributed by atoms with E-state index in [0.29, 0.717) is 13.1 Å². The van der Waals surface area contributed by atoms with Crippen LogP contribution in [0.5, 0.6) is 0 Å². The summed E-state index contributed by atoms with van der Waals surface area (Å²) in [7, 11) is 0. The molecule has 0 aromatic heterocycles. The molecule has 0 aromatic rings. The molecular formula is C15H28N2O2. The van der Waals surface area contributed by atoms with Gasteiger partial charge in [0, 0.05) is 19.1 Å². The van der Waals surface area contributed by atoms with Crippen LogP contribution >= 0.6 is 0 Å². The minimum Gasteiger partial charge on any atom is -0.369 e. The molecule has 3 unspecified atom stereocenters. The van der Waals surface area contributed by atoms with Crippen LogP contribution in [-0.2, 0) is 9.53 Å². The number of ether oxygens (including phenoxy) is 1. The summed E-state index contributed by atoms with van der Waals surface area (Å²) < 4.78 is 5.87. The Kier molecular flexibility index (Phi) is 4.51. The summed E-state index contributed by atoms with van der Waals surface area (Å²) >= 11 is 0. The maximum Gasteiger partial charge on any atom is 0.227 e. The number of rotatable bonds is 1. The van der Waals surface area contributed by atoms with Crippen molar-refractivity contribution < 1.29 is 9.53 Å². The highest BCUT2D eigenvalue weighted by atomic mass is 16.5. The van der Waals surface area contributed by atoms with Gasteiger partial charge in [0.2, 0.25) is 5.91 Å². The molecule has 0 spiro atoms. The molecule has 4 heteroatoms. The van der Waals surface area contributed by atoms with E-state index in [1.807, 2.05) is 11.8 Å². The van der Waals surface area contributed by atoms with Crippen molar-refractivity contribution >= 4 is 5.91 Å². The summed E-state index contributed by atoms with van der Waals surface area (Å²) in [5.74, 6) is 0.265. The summed E-state index contributed by atoms with van der Waals surface area (Å²) in [4.78, 5) is 14.7. The molecule has 1 aliphatic carbocycles. The maximum atomic E-state index is 12.7. The quantitative estimate of drug-likeness (QED) is 0.739. The van der Waals surface area contributed by atoms with E-state index >= 15 is 0 Å². The standard InChI is InChI=1S/C15H28N2O2/c1-11-9-17(10-15(2,3)19-11)14(18)12-7-5-4-6-8-13(12)16/h11-13H,4-10,16H2,1-3H3. The minimum atomic E-state index is -0.248. The zero-order valence-corrected chi connectivity index (χ0v) is 12.5. The van der Waals surface area contributed by atoms with E-state index in [2.05, 4.69) is 13.8 Å². The fourth-order valence-electron chi connectivity index (χ4n) is 3.50. The lowest BCUT2D eigenvalue weighted by Crippen LogP contribution is -2.56. The molecule has 0 radical (unpaired) electrons. The highest BCUT2D eigenvalue weighted by Crippen LogP contribution is 2.27. The minimum absolute atomic E-state index is 0.0172. The average Bonchev–Trinajstić information content (AvgIpc) is 2.50. The van der Waals surface area contributed by atoms with Crippen molar-refractivity contribution in [3.8, 4) is 0 Å². The largest absolute Gasteiger partial charge is 0.369 e. The monoisotopic (exact) mass is 268 g/mol. The predicted molar refractivity (Wildman–Crippen MR) is 75.8 cm³/mol. The van der Waals surface area contributed by atoms with E-state index in [1.54, 1.807) is 0 Å². The SMILES string of the molecule is CC1CN(C(=O)C2CCCCCC2N)CC(C)(C)O1. The lowest BCUT2D eigenvalue weighted by atomic mass is 9.92. The van der Waals surface area contributed by atoms with Crippen molar-refractivity contribution in [1.29, 1.82) is 0 Å². The predicted octanol–water partition coefficient (Wildman–Crippen LogP) is 1.92. The van der Waals surface area contributed by atoms with Gasteiger partial charge < -0.3 is 15.4 Å². The summed E-state index contributed by atoms with van der Waals surface area (Å²) in [6.07, 6.45) is 5.55. The van der Waals surface area contributed by atoms with Crippen LogP contribution in [0.15, 0.2) is 0 Å². The summed E-state index contributed by atoms with van der Waals surface area (Å²) in [6, 6.07) is 0.0382. The van der Waals surface area contributed by atoms with E-state index in [-0.39, 0.29) is 29.6 Å². The van der Waals surface area contributed by atoms with Gasteiger partial charge in [0.05, 0.1) is 17.6 Å². The highest BCUT2D eigenvalue weighted by Gasteiger charge is 2.37. The Morgan fingerprint density at radius 3 is 2.63 bits per heavy atom. The molecule has 2 fully saturated rings. The second-order valence-corrected chi connectivity index (χ2v) is 6.82. The summed E-state index contributed by atoms with van der Waals surface area (Å²) in [6.45, 7) is 7.52. The van der Waals surface area contributed by atoms with Gasteiger partial charge in [-0.25, -0.2) is 0 Å². The van der Waals surface area contributed by atoms with E-state index in [4.69, 9.17) is 10.5 Å². The second-order valence-electron chi connectivity index (χ2n) is 6.82. The van der Waals surface area contributed by atoms with E-state index in [9.17, 15) is 4.79 Å². The smallest absolute Gasteiger partial charge is 0.227 e. The Bertz CT molecular complexity index is 330. The molecule has 0 aromatic carbocycles. The molecule has 1 amide bonds. The Labute approximate surface area is 116 Å². The molecule has 0 bridgehead atoms. The van der Waals surface area contributed by atoms with Gasteiger partial charge in [0.25, 0.3) is 0 Å². The number of morpholine rings is 1. The molecule has 1 heterocycles. The van der Waals surface area contributed by atoms with Gasteiger partial charge in [-0.2, -0.15) is 0 Å². The fraction of sp³-hybridized carbons (Fsp3) is 0.933. The van der Waals surface area contributed by atoms with Crippen LogP contribution in [0.25, 0.3) is 0 Å². The van der Waals surface area contributed by atoms with Gasteiger partial charge in [-0.05, 0) is 33.6 Å². The van der Waals surface area contributed by atoms with E-state index < -0.39 is 0 Å². The molecular weight excluding hydrogens is 240 g/mol. The second kappa shape index (κ2) is 5.80. The lowest BCUT2D eigenvalue weighted by molar-refractivity contribution is -0.162. The number of carbonyl (C=O) groups is 1. The topological polar surface area (TPSA) is 55.6 Å². The van der Waals surface area contributed by atoms with Gasteiger partial charge in [0.15, 0.2) is 0 Å². The van der Waals surface area contributed by atoms with Gasteiger partial charge in [0.1, 0.15) is 0 Å². The van der Waals surface area contributed by atoms with Crippen LogP contribution in [-0.4, -0.2) is 41.6 Å². The summed E-state index contributed by atoms with van der Waals surface area (Å²) in [5.41, 5.74) is 5.96. The Balaban J connectivity index is 2.05. The van der Waals surface area contributed by atoms with Crippen molar-refractivity contribution in [1.82, 2.24) is 4.90 Å². The first-order chi connectivity index (χ1) is 8.89. The number of hydrogen-bond donors (Lipinski definition) is 1. The Morgan fingerprint density at radius 2 is 1.95 bits per heavy atom. The third-order valence-corrected chi connectivity index (χ3v) is 4.27. The summed E-state index contributed by atoms with van der Waals surface area (Å²) in [5, 5.41) is 0. The number of hydrogen-bond acceptors (Lipinski definition) is 3. The maximum absolute atomic E-state index is 12.7. The normalized spacial score (nSPS) is 35.8. The molecule has 2 N–H and O–H groups in total.